The molecule has 1 amide bonds. The number of fused-ring (bicyclic) bond motifs is 1. The summed E-state index contributed by atoms with van der Waals surface area (Å²) in [5, 5.41) is 4.75. The number of aryl methyl sites for hydroxylation is 1. The molecule has 1 aliphatic carbocycles. The van der Waals surface area contributed by atoms with E-state index in [9.17, 15) is 14.0 Å². The van der Waals surface area contributed by atoms with E-state index in [1.54, 1.807) is 29.4 Å². The Kier molecular flexibility index (Phi) is 8.40. The zero-order valence-corrected chi connectivity index (χ0v) is 26.1. The molecule has 3 heterocycles. The molecule has 2 aromatic carbocycles. The summed E-state index contributed by atoms with van der Waals surface area (Å²) >= 11 is 0. The van der Waals surface area contributed by atoms with Gasteiger partial charge >= 0.3 is 6.09 Å². The summed E-state index contributed by atoms with van der Waals surface area (Å²) in [6.45, 7) is 8.63. The van der Waals surface area contributed by atoms with E-state index in [2.05, 4.69) is 15.3 Å². The second-order valence-electron chi connectivity index (χ2n) is 12.9. The summed E-state index contributed by atoms with van der Waals surface area (Å²) in [7, 11) is 0. The number of halogens is 1. The monoisotopic (exact) mass is 611 g/mol. The van der Waals surface area contributed by atoms with E-state index in [1.165, 1.54) is 6.07 Å². The fourth-order valence-corrected chi connectivity index (χ4v) is 5.67. The van der Waals surface area contributed by atoms with Crippen molar-refractivity contribution >= 4 is 28.6 Å². The van der Waals surface area contributed by atoms with Gasteiger partial charge in [0.05, 0.1) is 11.3 Å². The van der Waals surface area contributed by atoms with Gasteiger partial charge in [-0.3, -0.25) is 4.79 Å². The van der Waals surface area contributed by atoms with Crippen LogP contribution in [0, 0.1) is 18.7 Å². The number of ketones is 1. The number of piperidine rings is 1. The number of amides is 1. The van der Waals surface area contributed by atoms with E-state index in [1.807, 2.05) is 52.0 Å². The third-order valence-corrected chi connectivity index (χ3v) is 8.09. The van der Waals surface area contributed by atoms with E-state index in [-0.39, 0.29) is 30.3 Å². The summed E-state index contributed by atoms with van der Waals surface area (Å²) < 4.78 is 27.0. The lowest BCUT2D eigenvalue weighted by atomic mass is 9.96. The minimum absolute atomic E-state index is 0.0362. The number of rotatable bonds is 8. The molecule has 10 heteroatoms. The topological polar surface area (TPSA) is 107 Å². The summed E-state index contributed by atoms with van der Waals surface area (Å²) in [6, 6.07) is 12.3. The van der Waals surface area contributed by atoms with Crippen molar-refractivity contribution in [3.05, 3.63) is 71.8 Å². The maximum atomic E-state index is 15.0. The molecule has 2 fully saturated rings. The second kappa shape index (κ2) is 12.4. The molecule has 1 N–H and O–H groups in total. The number of hydrogen-bond donors (Lipinski definition) is 1. The van der Waals surface area contributed by atoms with Crippen LogP contribution in [-0.2, 0) is 16.0 Å². The molecular formula is C35H38FN5O4. The summed E-state index contributed by atoms with van der Waals surface area (Å²) in [5.41, 5.74) is 1.95. The zero-order chi connectivity index (χ0) is 31.7. The number of carbonyl (C=O) groups is 2. The summed E-state index contributed by atoms with van der Waals surface area (Å²) in [5.74, 6) is 1.05. The first-order chi connectivity index (χ1) is 21.6. The van der Waals surface area contributed by atoms with Gasteiger partial charge < -0.3 is 19.7 Å². The van der Waals surface area contributed by atoms with Gasteiger partial charge in [0, 0.05) is 54.8 Å². The highest BCUT2D eigenvalue weighted by Crippen LogP contribution is 2.39. The minimum Gasteiger partial charge on any atom is -0.444 e. The molecular weight excluding hydrogens is 573 g/mol. The molecule has 234 valence electrons. The number of aromatic nitrogens is 3. The quantitative estimate of drug-likeness (QED) is 0.222. The number of pyridine rings is 1. The van der Waals surface area contributed by atoms with Crippen molar-refractivity contribution < 1.29 is 23.5 Å². The molecule has 0 radical (unpaired) electrons. The van der Waals surface area contributed by atoms with Crippen LogP contribution in [0.5, 0.6) is 11.6 Å². The Morgan fingerprint density at radius 1 is 1.02 bits per heavy atom. The highest BCUT2D eigenvalue weighted by Gasteiger charge is 2.31. The Bertz CT molecular complexity index is 1750. The number of ether oxygens (including phenoxy) is 2. The van der Waals surface area contributed by atoms with Gasteiger partial charge in [0.2, 0.25) is 11.8 Å². The second-order valence-corrected chi connectivity index (χ2v) is 12.9. The number of nitrogens with one attached hydrogen (secondary N) is 1. The highest BCUT2D eigenvalue weighted by molar-refractivity contribution is 5.96. The number of Topliss-reactive ketones (excluding diaryl/α,β-unsaturated/α-hetero) is 1. The van der Waals surface area contributed by atoms with E-state index in [4.69, 9.17) is 14.5 Å². The highest BCUT2D eigenvalue weighted by atomic mass is 19.1. The summed E-state index contributed by atoms with van der Waals surface area (Å²) in [6.07, 6.45) is 6.52. The van der Waals surface area contributed by atoms with Crippen LogP contribution in [0.3, 0.4) is 0 Å². The first kappa shape index (κ1) is 30.4. The zero-order valence-electron chi connectivity index (χ0n) is 26.1. The van der Waals surface area contributed by atoms with Crippen molar-refractivity contribution in [2.45, 2.75) is 71.4 Å². The Morgan fingerprint density at radius 2 is 1.82 bits per heavy atom. The molecule has 1 aliphatic heterocycles. The number of anilines is 1. The van der Waals surface area contributed by atoms with Crippen molar-refractivity contribution in [2.24, 2.45) is 5.92 Å². The standard InChI is InChI=1S/C35H38FN5O4/c1-21-9-12-24-25(13-14-28(36)27(24)19-30(42)22-10-11-22)31(21)44-32-26(8-5-16-37-32)29-15-17-38-33(40-29)39-23-7-6-18-41(20-23)34(43)45-35(2,3)4/h5,8-9,12-17,22-23H,6-7,10-11,18-20H2,1-4H3,(H,38,39,40)/t23-/m0/s1. The number of hydrogen-bond acceptors (Lipinski definition) is 8. The molecule has 0 spiro atoms. The summed E-state index contributed by atoms with van der Waals surface area (Å²) in [4.78, 5) is 40.7. The van der Waals surface area contributed by atoms with E-state index in [0.717, 1.165) is 31.2 Å². The van der Waals surface area contributed by atoms with Gasteiger partial charge in [-0.2, -0.15) is 0 Å². The van der Waals surface area contributed by atoms with Crippen LogP contribution in [-0.4, -0.2) is 56.5 Å². The molecule has 1 saturated carbocycles. The van der Waals surface area contributed by atoms with Crippen molar-refractivity contribution in [1.82, 2.24) is 19.9 Å². The third-order valence-electron chi connectivity index (χ3n) is 8.09. The SMILES string of the molecule is Cc1ccc2c(CC(=O)C3CC3)c(F)ccc2c1Oc1ncccc1-c1ccnc(N[C@H]2CCCN(C(=O)OC(C)(C)C)C2)n1. The van der Waals surface area contributed by atoms with Crippen molar-refractivity contribution in [2.75, 3.05) is 18.4 Å². The van der Waals surface area contributed by atoms with Crippen LogP contribution < -0.4 is 10.1 Å². The fourth-order valence-electron chi connectivity index (χ4n) is 5.67. The molecule has 45 heavy (non-hydrogen) atoms. The first-order valence-corrected chi connectivity index (χ1v) is 15.5. The lowest BCUT2D eigenvalue weighted by Crippen LogP contribution is -2.47. The Hall–Kier alpha value is -4.60. The smallest absolute Gasteiger partial charge is 0.410 e. The van der Waals surface area contributed by atoms with Crippen molar-refractivity contribution in [3.8, 4) is 22.9 Å². The lowest BCUT2D eigenvalue weighted by Gasteiger charge is -2.34. The molecule has 0 bridgehead atoms. The van der Waals surface area contributed by atoms with Crippen molar-refractivity contribution in [1.29, 1.82) is 0 Å². The first-order valence-electron chi connectivity index (χ1n) is 15.5. The van der Waals surface area contributed by atoms with Gasteiger partial charge in [-0.1, -0.05) is 12.1 Å². The maximum absolute atomic E-state index is 15.0. The normalized spacial score (nSPS) is 16.8. The molecule has 9 nitrogen and oxygen atoms in total. The third kappa shape index (κ3) is 7.05. The number of carbonyl (C=O) groups excluding carboxylic acids is 2. The van der Waals surface area contributed by atoms with Gasteiger partial charge in [-0.15, -0.1) is 0 Å². The molecule has 6 rings (SSSR count). The van der Waals surface area contributed by atoms with Gasteiger partial charge in [0.25, 0.3) is 0 Å². The largest absolute Gasteiger partial charge is 0.444 e. The van der Waals surface area contributed by atoms with E-state index >= 15 is 0 Å². The molecule has 4 aromatic rings. The van der Waals surface area contributed by atoms with Crippen LogP contribution in [0.1, 0.15) is 57.6 Å². The van der Waals surface area contributed by atoms with Gasteiger partial charge in [0.15, 0.2) is 0 Å². The maximum Gasteiger partial charge on any atom is 0.410 e. The van der Waals surface area contributed by atoms with Gasteiger partial charge in [-0.05, 0) is 94.7 Å². The lowest BCUT2D eigenvalue weighted by molar-refractivity contribution is -0.119. The molecule has 2 aliphatic rings. The van der Waals surface area contributed by atoms with Crippen LogP contribution in [0.25, 0.3) is 22.0 Å². The van der Waals surface area contributed by atoms with Crippen LogP contribution in [0.15, 0.2) is 54.9 Å². The van der Waals surface area contributed by atoms with Crippen molar-refractivity contribution in [3.63, 3.8) is 0 Å². The predicted molar refractivity (Wildman–Crippen MR) is 170 cm³/mol. The molecule has 1 atom stereocenters. The van der Waals surface area contributed by atoms with E-state index in [0.29, 0.717) is 58.3 Å². The van der Waals surface area contributed by atoms with Gasteiger partial charge in [-0.25, -0.2) is 24.1 Å². The average molecular weight is 612 g/mol. The molecule has 0 unspecified atom stereocenters. The van der Waals surface area contributed by atoms with Crippen LogP contribution >= 0.6 is 0 Å². The predicted octanol–water partition coefficient (Wildman–Crippen LogP) is 7.26. The number of benzene rings is 2. The minimum atomic E-state index is -0.559. The van der Waals surface area contributed by atoms with Crippen LogP contribution in [0.2, 0.25) is 0 Å². The van der Waals surface area contributed by atoms with E-state index < -0.39 is 11.4 Å². The van der Waals surface area contributed by atoms with Crippen LogP contribution in [0.4, 0.5) is 15.1 Å². The Balaban J connectivity index is 1.25. The Labute approximate surface area is 262 Å². The average Bonchev–Trinajstić information content (AvgIpc) is 3.86. The number of nitrogens with zero attached hydrogens (tertiary/aromatic N) is 4. The number of likely N-dealkylation sites (tertiary alicyclic amines) is 1. The molecule has 1 saturated heterocycles. The Morgan fingerprint density at radius 3 is 2.60 bits per heavy atom. The van der Waals surface area contributed by atoms with Gasteiger partial charge in [0.1, 0.15) is 23.0 Å². The molecule has 2 aromatic heterocycles. The fraction of sp³-hybridized carbons (Fsp3) is 0.400.